The molecule has 0 unspecified atom stereocenters. The minimum atomic E-state index is -0.442. The normalized spacial score (nSPS) is 15.5. The number of carbonyl (C=O) groups is 3. The molecule has 0 aliphatic carbocycles. The van der Waals surface area contributed by atoms with Crippen molar-refractivity contribution in [2.75, 3.05) is 31.8 Å². The second-order valence-electron chi connectivity index (χ2n) is 7.30. The molecule has 4 rings (SSSR count). The van der Waals surface area contributed by atoms with Crippen molar-refractivity contribution in [2.24, 2.45) is 5.92 Å². The number of hydrogen-bond donors (Lipinski definition) is 1. The van der Waals surface area contributed by atoms with Crippen LogP contribution < -0.4 is 14.8 Å². The van der Waals surface area contributed by atoms with Gasteiger partial charge >= 0.3 is 5.97 Å². The van der Waals surface area contributed by atoms with E-state index in [1.54, 1.807) is 47.4 Å². The lowest BCUT2D eigenvalue weighted by Crippen LogP contribution is -2.41. The Morgan fingerprint density at radius 1 is 1.03 bits per heavy atom. The van der Waals surface area contributed by atoms with Gasteiger partial charge in [-0.05, 0) is 49.2 Å². The summed E-state index contributed by atoms with van der Waals surface area (Å²) in [7, 11) is 0. The van der Waals surface area contributed by atoms with Crippen molar-refractivity contribution in [3.63, 3.8) is 0 Å². The molecule has 0 bridgehead atoms. The first-order valence-corrected chi connectivity index (χ1v) is 10.3. The summed E-state index contributed by atoms with van der Waals surface area (Å²) in [5, 5.41) is 3.23. The number of anilines is 1. The van der Waals surface area contributed by atoms with E-state index < -0.39 is 11.9 Å². The molecule has 2 heterocycles. The first-order chi connectivity index (χ1) is 15.0. The number of nitrogens with one attached hydrogen (secondary N) is 1. The number of esters is 1. The molecular weight excluding hydrogens is 424 g/mol. The fourth-order valence-electron chi connectivity index (χ4n) is 3.52. The Morgan fingerprint density at radius 2 is 1.74 bits per heavy atom. The van der Waals surface area contributed by atoms with Gasteiger partial charge < -0.3 is 24.4 Å². The molecule has 2 aliphatic heterocycles. The number of hydrogen-bond acceptors (Lipinski definition) is 6. The highest BCUT2D eigenvalue weighted by molar-refractivity contribution is 6.30. The molecule has 1 saturated heterocycles. The van der Waals surface area contributed by atoms with Crippen LogP contribution in [0.5, 0.6) is 11.5 Å². The molecule has 0 saturated carbocycles. The second-order valence-corrected chi connectivity index (χ2v) is 7.73. The van der Waals surface area contributed by atoms with Crippen LogP contribution >= 0.6 is 11.6 Å². The van der Waals surface area contributed by atoms with Crippen molar-refractivity contribution >= 4 is 35.1 Å². The minimum Gasteiger partial charge on any atom is -0.455 e. The third-order valence-corrected chi connectivity index (χ3v) is 5.46. The third-order valence-electron chi connectivity index (χ3n) is 5.21. The van der Waals surface area contributed by atoms with Crippen LogP contribution in [0.3, 0.4) is 0 Å². The van der Waals surface area contributed by atoms with E-state index in [2.05, 4.69) is 5.32 Å². The van der Waals surface area contributed by atoms with Crippen LogP contribution in [0.2, 0.25) is 5.02 Å². The smallest absolute Gasteiger partial charge is 0.309 e. The fraction of sp³-hybridized carbons (Fsp3) is 0.318. The zero-order valence-corrected chi connectivity index (χ0v) is 17.4. The summed E-state index contributed by atoms with van der Waals surface area (Å²) in [6.07, 6.45) is 0.976. The van der Waals surface area contributed by atoms with Gasteiger partial charge in [-0.15, -0.1) is 0 Å². The summed E-state index contributed by atoms with van der Waals surface area (Å²) in [5.74, 6) is -0.138. The zero-order valence-electron chi connectivity index (χ0n) is 16.6. The van der Waals surface area contributed by atoms with Crippen LogP contribution in [0.15, 0.2) is 42.5 Å². The van der Waals surface area contributed by atoms with Gasteiger partial charge in [0, 0.05) is 35.4 Å². The fourth-order valence-corrected chi connectivity index (χ4v) is 3.65. The monoisotopic (exact) mass is 444 g/mol. The molecule has 0 spiro atoms. The Kier molecular flexibility index (Phi) is 6.27. The zero-order chi connectivity index (χ0) is 21.8. The lowest BCUT2D eigenvalue weighted by molar-refractivity contribution is -0.152. The third kappa shape index (κ3) is 5.08. The van der Waals surface area contributed by atoms with Crippen LogP contribution in [0.4, 0.5) is 5.69 Å². The average Bonchev–Trinajstić information content (AvgIpc) is 3.25. The van der Waals surface area contributed by atoms with Crippen molar-refractivity contribution in [1.82, 2.24) is 4.90 Å². The number of ether oxygens (including phenoxy) is 3. The lowest BCUT2D eigenvalue weighted by Gasteiger charge is -2.31. The molecule has 31 heavy (non-hydrogen) atoms. The standard InChI is InChI=1S/C22H21ClN2O6/c23-16-3-1-14(2-4-16)21(27)25-9-7-15(8-10-25)22(28)29-12-20(26)24-17-5-6-18-19(11-17)31-13-30-18/h1-6,11,15H,7-10,12-13H2,(H,24,26). The molecule has 2 aliphatic rings. The Balaban J connectivity index is 1.21. The Hall–Kier alpha value is -3.26. The van der Waals surface area contributed by atoms with Crippen molar-refractivity contribution in [3.05, 3.63) is 53.1 Å². The minimum absolute atomic E-state index is 0.0911. The van der Waals surface area contributed by atoms with E-state index in [4.69, 9.17) is 25.8 Å². The highest BCUT2D eigenvalue weighted by Crippen LogP contribution is 2.34. The highest BCUT2D eigenvalue weighted by Gasteiger charge is 2.29. The Labute approximate surface area is 184 Å². The van der Waals surface area contributed by atoms with E-state index in [0.717, 1.165) is 0 Å². The number of rotatable bonds is 5. The first-order valence-electron chi connectivity index (χ1n) is 9.90. The van der Waals surface area contributed by atoms with Gasteiger partial charge in [0.15, 0.2) is 18.1 Å². The van der Waals surface area contributed by atoms with Gasteiger partial charge in [-0.1, -0.05) is 11.6 Å². The van der Waals surface area contributed by atoms with Gasteiger partial charge in [0.05, 0.1) is 5.92 Å². The second kappa shape index (κ2) is 9.26. The van der Waals surface area contributed by atoms with E-state index >= 15 is 0 Å². The number of carbonyl (C=O) groups excluding carboxylic acids is 3. The van der Waals surface area contributed by atoms with E-state index in [-0.39, 0.29) is 25.2 Å². The maximum atomic E-state index is 12.5. The van der Waals surface area contributed by atoms with Crippen molar-refractivity contribution in [1.29, 1.82) is 0 Å². The number of benzene rings is 2. The van der Waals surface area contributed by atoms with Gasteiger partial charge in [0.1, 0.15) is 0 Å². The first kappa shape index (κ1) is 21.0. The quantitative estimate of drug-likeness (QED) is 0.712. The topological polar surface area (TPSA) is 94.2 Å². The number of nitrogens with zero attached hydrogens (tertiary/aromatic N) is 1. The lowest BCUT2D eigenvalue weighted by atomic mass is 9.96. The largest absolute Gasteiger partial charge is 0.455 e. The molecule has 2 amide bonds. The van der Waals surface area contributed by atoms with Crippen molar-refractivity contribution in [2.45, 2.75) is 12.8 Å². The molecule has 2 aromatic carbocycles. The van der Waals surface area contributed by atoms with Crippen LogP contribution in [0.1, 0.15) is 23.2 Å². The van der Waals surface area contributed by atoms with Crippen molar-refractivity contribution in [3.8, 4) is 11.5 Å². The van der Waals surface area contributed by atoms with Gasteiger partial charge in [-0.2, -0.15) is 0 Å². The predicted octanol–water partition coefficient (Wildman–Crippen LogP) is 3.10. The Bertz CT molecular complexity index is 986. The van der Waals surface area contributed by atoms with Gasteiger partial charge in [-0.3, -0.25) is 14.4 Å². The summed E-state index contributed by atoms with van der Waals surface area (Å²) in [6.45, 7) is 0.668. The van der Waals surface area contributed by atoms with E-state index in [1.165, 1.54) is 0 Å². The molecule has 0 aromatic heterocycles. The molecule has 2 aromatic rings. The van der Waals surface area contributed by atoms with Gasteiger partial charge in [0.25, 0.3) is 11.8 Å². The number of likely N-dealkylation sites (tertiary alicyclic amines) is 1. The van der Waals surface area contributed by atoms with Crippen LogP contribution in [0, 0.1) is 5.92 Å². The number of amides is 2. The van der Waals surface area contributed by atoms with Gasteiger partial charge in [-0.25, -0.2) is 0 Å². The summed E-state index contributed by atoms with van der Waals surface area (Å²) < 4.78 is 15.7. The van der Waals surface area contributed by atoms with Crippen molar-refractivity contribution < 1.29 is 28.6 Å². The molecule has 9 heteroatoms. The number of fused-ring (bicyclic) bond motifs is 1. The van der Waals surface area contributed by atoms with Crippen LogP contribution in [-0.2, 0) is 14.3 Å². The molecule has 1 fully saturated rings. The SMILES string of the molecule is O=C(COC(=O)C1CCN(C(=O)c2ccc(Cl)cc2)CC1)Nc1ccc2c(c1)OCO2. The number of halogens is 1. The molecule has 0 radical (unpaired) electrons. The van der Waals surface area contributed by atoms with Gasteiger partial charge in [0.2, 0.25) is 6.79 Å². The maximum absolute atomic E-state index is 12.5. The molecule has 0 atom stereocenters. The van der Waals surface area contributed by atoms with E-state index in [1.807, 2.05) is 0 Å². The summed E-state index contributed by atoms with van der Waals surface area (Å²) in [4.78, 5) is 38.7. The van der Waals surface area contributed by atoms with Crippen LogP contribution in [-0.4, -0.2) is 49.2 Å². The molecule has 8 nitrogen and oxygen atoms in total. The summed E-state index contributed by atoms with van der Waals surface area (Å²) in [5.41, 5.74) is 1.09. The average molecular weight is 445 g/mol. The van der Waals surface area contributed by atoms with E-state index in [9.17, 15) is 14.4 Å². The number of piperidine rings is 1. The predicted molar refractivity (Wildman–Crippen MR) is 112 cm³/mol. The Morgan fingerprint density at radius 3 is 2.48 bits per heavy atom. The molecule has 162 valence electrons. The maximum Gasteiger partial charge on any atom is 0.309 e. The van der Waals surface area contributed by atoms with Crippen LogP contribution in [0.25, 0.3) is 0 Å². The summed E-state index contributed by atoms with van der Waals surface area (Å²) >= 11 is 5.86. The summed E-state index contributed by atoms with van der Waals surface area (Å²) in [6, 6.07) is 11.7. The molecule has 1 N–H and O–H groups in total. The molecular formula is C22H21ClN2O6. The van der Waals surface area contributed by atoms with E-state index in [0.29, 0.717) is 53.7 Å². The highest BCUT2D eigenvalue weighted by atomic mass is 35.5.